The molecular formula is C30H42FN5O5. The predicted octanol–water partition coefficient (Wildman–Crippen LogP) is 3.91. The number of likely N-dealkylation sites (N-methyl/N-ethyl adjacent to an activating group) is 1. The summed E-state index contributed by atoms with van der Waals surface area (Å²) in [5.41, 5.74) is 0.361. The quantitative estimate of drug-likeness (QED) is 0.546. The topological polar surface area (TPSA) is 115 Å². The van der Waals surface area contributed by atoms with Gasteiger partial charge in [0.1, 0.15) is 29.2 Å². The summed E-state index contributed by atoms with van der Waals surface area (Å²) in [6.07, 6.45) is 4.16. The largest absolute Gasteiger partial charge is 0.444 e. The molecule has 11 heteroatoms. The van der Waals surface area contributed by atoms with Crippen LogP contribution in [0.5, 0.6) is 0 Å². The van der Waals surface area contributed by atoms with E-state index in [4.69, 9.17) is 4.74 Å². The third-order valence-electron chi connectivity index (χ3n) is 8.02. The van der Waals surface area contributed by atoms with Crippen LogP contribution in [0.15, 0.2) is 24.3 Å². The Balaban J connectivity index is 1.40. The summed E-state index contributed by atoms with van der Waals surface area (Å²) in [4.78, 5) is 60.4. The monoisotopic (exact) mass is 571 g/mol. The van der Waals surface area contributed by atoms with Crippen LogP contribution in [-0.4, -0.2) is 94.4 Å². The van der Waals surface area contributed by atoms with Crippen LogP contribution in [0.4, 0.5) is 9.18 Å². The summed E-state index contributed by atoms with van der Waals surface area (Å²) in [5, 5.41) is 3.59. The van der Waals surface area contributed by atoms with Crippen molar-refractivity contribution in [3.63, 3.8) is 0 Å². The third-order valence-corrected chi connectivity index (χ3v) is 8.02. The Morgan fingerprint density at radius 1 is 1.02 bits per heavy atom. The number of nitrogens with one attached hydrogen (secondary N) is 2. The van der Waals surface area contributed by atoms with Crippen LogP contribution in [0.3, 0.4) is 0 Å². The van der Waals surface area contributed by atoms with Crippen LogP contribution < -0.4 is 5.32 Å². The van der Waals surface area contributed by atoms with Crippen molar-refractivity contribution in [2.75, 3.05) is 33.2 Å². The fourth-order valence-corrected chi connectivity index (χ4v) is 5.51. The molecule has 2 heterocycles. The molecule has 4 rings (SSSR count). The van der Waals surface area contributed by atoms with Crippen molar-refractivity contribution in [3.05, 3.63) is 35.8 Å². The summed E-state index contributed by atoms with van der Waals surface area (Å²) in [6, 6.07) is 4.43. The molecule has 2 fully saturated rings. The van der Waals surface area contributed by atoms with Crippen molar-refractivity contribution < 1.29 is 28.3 Å². The maximum absolute atomic E-state index is 13.8. The summed E-state index contributed by atoms with van der Waals surface area (Å²) in [7, 11) is 1.51. The normalized spacial score (nSPS) is 18.1. The van der Waals surface area contributed by atoms with E-state index in [1.807, 2.05) is 0 Å². The molecule has 0 radical (unpaired) electrons. The molecule has 4 amide bonds. The fourth-order valence-electron chi connectivity index (χ4n) is 5.51. The molecule has 1 saturated heterocycles. The highest BCUT2D eigenvalue weighted by atomic mass is 19.1. The van der Waals surface area contributed by atoms with Gasteiger partial charge in [-0.3, -0.25) is 19.3 Å². The molecule has 2 atom stereocenters. The molecule has 0 unspecified atom stereocenters. The lowest BCUT2D eigenvalue weighted by Crippen LogP contribution is -2.59. The van der Waals surface area contributed by atoms with Gasteiger partial charge in [0.2, 0.25) is 11.8 Å². The van der Waals surface area contributed by atoms with Crippen LogP contribution in [0, 0.1) is 11.7 Å². The number of piperazine rings is 1. The maximum atomic E-state index is 13.8. The van der Waals surface area contributed by atoms with E-state index in [-0.39, 0.29) is 23.5 Å². The summed E-state index contributed by atoms with van der Waals surface area (Å²) in [6.45, 7) is 8.26. The molecule has 2 aromatic rings. The molecule has 224 valence electrons. The zero-order chi connectivity index (χ0) is 29.9. The minimum atomic E-state index is -0.831. The Hall–Kier alpha value is -3.63. The average Bonchev–Trinajstić information content (AvgIpc) is 3.37. The smallest absolute Gasteiger partial charge is 0.410 e. The van der Waals surface area contributed by atoms with E-state index in [0.717, 1.165) is 32.1 Å². The number of H-pyrrole nitrogens is 1. The Morgan fingerprint density at radius 2 is 1.66 bits per heavy atom. The van der Waals surface area contributed by atoms with Gasteiger partial charge in [-0.25, -0.2) is 9.18 Å². The van der Waals surface area contributed by atoms with E-state index < -0.39 is 29.7 Å². The van der Waals surface area contributed by atoms with Gasteiger partial charge in [0.15, 0.2) is 0 Å². The first-order valence-corrected chi connectivity index (χ1v) is 14.5. The first-order valence-electron chi connectivity index (χ1n) is 14.5. The molecule has 41 heavy (non-hydrogen) atoms. The molecule has 1 saturated carbocycles. The SMILES string of the molecule is C[C@@H](C(=O)N[C@H](C(=O)N1CCN(C(=O)c2cc3cc(F)ccc3[nH]2)CC1)C1CCCCC1)N(C)C(=O)OC(C)(C)C. The molecule has 1 aromatic carbocycles. The van der Waals surface area contributed by atoms with Crippen molar-refractivity contribution in [1.29, 1.82) is 0 Å². The van der Waals surface area contributed by atoms with Gasteiger partial charge in [-0.1, -0.05) is 19.3 Å². The van der Waals surface area contributed by atoms with Crippen molar-refractivity contribution in [2.45, 2.75) is 77.5 Å². The van der Waals surface area contributed by atoms with Crippen LogP contribution in [-0.2, 0) is 14.3 Å². The minimum absolute atomic E-state index is 0.00522. The number of ether oxygens (including phenoxy) is 1. The molecule has 0 bridgehead atoms. The molecule has 0 spiro atoms. The Bertz CT molecular complexity index is 1270. The number of hydrogen-bond acceptors (Lipinski definition) is 5. The first kappa shape index (κ1) is 30.3. The van der Waals surface area contributed by atoms with Gasteiger partial charge in [0, 0.05) is 44.1 Å². The highest BCUT2D eigenvalue weighted by Crippen LogP contribution is 2.28. The van der Waals surface area contributed by atoms with Gasteiger partial charge in [-0.15, -0.1) is 0 Å². The Kier molecular flexibility index (Phi) is 9.24. The summed E-state index contributed by atoms with van der Waals surface area (Å²) < 4.78 is 19.0. The lowest BCUT2D eigenvalue weighted by Gasteiger charge is -2.39. The number of fused-ring (bicyclic) bond motifs is 1. The molecular weight excluding hydrogens is 529 g/mol. The molecule has 1 aliphatic carbocycles. The van der Waals surface area contributed by atoms with Crippen molar-refractivity contribution in [1.82, 2.24) is 25.0 Å². The predicted molar refractivity (Wildman–Crippen MR) is 153 cm³/mol. The maximum Gasteiger partial charge on any atom is 0.410 e. The number of benzene rings is 1. The number of nitrogens with zero attached hydrogens (tertiary/aromatic N) is 3. The first-order chi connectivity index (χ1) is 19.3. The number of amides is 4. The van der Waals surface area contributed by atoms with Gasteiger partial charge in [-0.2, -0.15) is 0 Å². The zero-order valence-electron chi connectivity index (χ0n) is 24.7. The fraction of sp³-hybridized carbons (Fsp3) is 0.600. The van der Waals surface area contributed by atoms with E-state index in [9.17, 15) is 23.6 Å². The summed E-state index contributed by atoms with van der Waals surface area (Å²) in [5.74, 6) is -1.14. The van der Waals surface area contributed by atoms with Gasteiger partial charge in [0.05, 0.1) is 0 Å². The Labute approximate surface area is 240 Å². The minimum Gasteiger partial charge on any atom is -0.444 e. The average molecular weight is 572 g/mol. The number of hydrogen-bond donors (Lipinski definition) is 2. The second kappa shape index (κ2) is 12.5. The molecule has 10 nitrogen and oxygen atoms in total. The van der Waals surface area contributed by atoms with Crippen LogP contribution in [0.25, 0.3) is 10.9 Å². The zero-order valence-corrected chi connectivity index (χ0v) is 24.7. The second-order valence-electron chi connectivity index (χ2n) is 12.2. The molecule has 2 aliphatic rings. The lowest BCUT2D eigenvalue weighted by molar-refractivity contribution is -0.140. The van der Waals surface area contributed by atoms with Crippen molar-refractivity contribution in [2.24, 2.45) is 5.92 Å². The summed E-state index contributed by atoms with van der Waals surface area (Å²) >= 11 is 0. The Morgan fingerprint density at radius 3 is 2.29 bits per heavy atom. The van der Waals surface area contributed by atoms with Gasteiger partial charge in [-0.05, 0) is 70.7 Å². The lowest BCUT2D eigenvalue weighted by atomic mass is 9.83. The van der Waals surface area contributed by atoms with E-state index in [1.54, 1.807) is 49.6 Å². The standard InChI is InChI=1S/C30H42FN5O5/c1-19(34(5)29(40)41-30(2,3)4)26(37)33-25(20-9-7-6-8-10-20)28(39)36-15-13-35(14-16-36)27(38)24-18-21-17-22(31)11-12-23(21)32-24/h11-12,17-20,25,32H,6-10,13-16H2,1-5H3,(H,33,37)/t19-,25-/m0/s1. The van der Waals surface area contributed by atoms with Crippen LogP contribution >= 0.6 is 0 Å². The molecule has 1 aromatic heterocycles. The number of aromatic amines is 1. The highest BCUT2D eigenvalue weighted by Gasteiger charge is 2.37. The van der Waals surface area contributed by atoms with Crippen LogP contribution in [0.2, 0.25) is 0 Å². The second-order valence-corrected chi connectivity index (χ2v) is 12.2. The number of aromatic nitrogens is 1. The number of rotatable bonds is 6. The van der Waals surface area contributed by atoms with Crippen LogP contribution in [0.1, 0.15) is 70.3 Å². The van der Waals surface area contributed by atoms with Gasteiger partial charge in [0.25, 0.3) is 5.91 Å². The third kappa shape index (κ3) is 7.37. The highest BCUT2D eigenvalue weighted by molar-refractivity contribution is 5.98. The van der Waals surface area contributed by atoms with E-state index in [1.165, 1.54) is 24.1 Å². The van der Waals surface area contributed by atoms with E-state index >= 15 is 0 Å². The van der Waals surface area contributed by atoms with Gasteiger partial charge < -0.3 is 24.8 Å². The van der Waals surface area contributed by atoms with Crippen molar-refractivity contribution >= 4 is 34.7 Å². The van der Waals surface area contributed by atoms with E-state index in [0.29, 0.717) is 42.8 Å². The molecule has 2 N–H and O–H groups in total. The number of carbonyl (C=O) groups is 4. The van der Waals surface area contributed by atoms with Gasteiger partial charge >= 0.3 is 6.09 Å². The molecule has 1 aliphatic heterocycles. The van der Waals surface area contributed by atoms with Crippen molar-refractivity contribution in [3.8, 4) is 0 Å². The number of halogens is 1. The number of carbonyl (C=O) groups excluding carboxylic acids is 4. The van der Waals surface area contributed by atoms with E-state index in [2.05, 4.69) is 10.3 Å².